The quantitative estimate of drug-likeness (QED) is 0.931. The summed E-state index contributed by atoms with van der Waals surface area (Å²) < 4.78 is 2.18. The van der Waals surface area contributed by atoms with E-state index in [9.17, 15) is 9.90 Å². The highest BCUT2D eigenvalue weighted by molar-refractivity contribution is 6.30. The predicted molar refractivity (Wildman–Crippen MR) is 80.8 cm³/mol. The van der Waals surface area contributed by atoms with Crippen LogP contribution in [0.2, 0.25) is 5.15 Å². The van der Waals surface area contributed by atoms with Gasteiger partial charge in [0.1, 0.15) is 5.82 Å². The van der Waals surface area contributed by atoms with Crippen LogP contribution in [0.3, 0.4) is 0 Å². The minimum absolute atomic E-state index is 0.324. The van der Waals surface area contributed by atoms with Crippen molar-refractivity contribution in [1.29, 1.82) is 0 Å². The Balaban J connectivity index is 1.83. The molecule has 0 aromatic carbocycles. The van der Waals surface area contributed by atoms with Gasteiger partial charge >= 0.3 is 5.97 Å². The highest BCUT2D eigenvalue weighted by atomic mass is 35.5. The zero-order valence-electron chi connectivity index (χ0n) is 12.5. The predicted octanol–water partition coefficient (Wildman–Crippen LogP) is 2.38. The van der Waals surface area contributed by atoms with E-state index in [-0.39, 0.29) is 5.92 Å². The fourth-order valence-electron chi connectivity index (χ4n) is 3.53. The summed E-state index contributed by atoms with van der Waals surface area (Å²) in [5.41, 5.74) is 0.910. The van der Waals surface area contributed by atoms with Gasteiger partial charge in [0.15, 0.2) is 5.15 Å². The molecular formula is C15H22ClN3O2. The van der Waals surface area contributed by atoms with Gasteiger partial charge in [0.2, 0.25) is 0 Å². The normalized spacial score (nSPS) is 26.3. The van der Waals surface area contributed by atoms with Crippen molar-refractivity contribution in [1.82, 2.24) is 14.5 Å². The van der Waals surface area contributed by atoms with Crippen molar-refractivity contribution in [3.8, 4) is 0 Å². The number of carboxylic acid groups (broad SMARTS) is 1. The molecule has 3 rings (SSSR count). The zero-order valence-corrected chi connectivity index (χ0v) is 13.3. The van der Waals surface area contributed by atoms with Crippen LogP contribution in [0.25, 0.3) is 0 Å². The number of aliphatic carboxylic acids is 1. The molecule has 1 N–H and O–H groups in total. The first kappa shape index (κ1) is 14.9. The SMILES string of the molecule is CC(C)N1CCC(c2nc(Cl)c3n2CCC(C(=O)O)C3)C1. The minimum Gasteiger partial charge on any atom is -0.481 e. The van der Waals surface area contributed by atoms with Gasteiger partial charge in [0.05, 0.1) is 11.6 Å². The van der Waals surface area contributed by atoms with Gasteiger partial charge in [-0.1, -0.05) is 11.6 Å². The molecule has 0 spiro atoms. The van der Waals surface area contributed by atoms with Gasteiger partial charge < -0.3 is 14.6 Å². The number of aromatic nitrogens is 2. The van der Waals surface area contributed by atoms with Crippen molar-refractivity contribution in [2.45, 2.75) is 51.6 Å². The Hall–Kier alpha value is -1.07. The van der Waals surface area contributed by atoms with E-state index in [2.05, 4.69) is 28.3 Å². The molecule has 0 saturated carbocycles. The largest absolute Gasteiger partial charge is 0.481 e. The van der Waals surface area contributed by atoms with Gasteiger partial charge in [-0.3, -0.25) is 4.79 Å². The Labute approximate surface area is 129 Å². The molecule has 6 heteroatoms. The number of hydrogen-bond acceptors (Lipinski definition) is 3. The molecule has 2 atom stereocenters. The summed E-state index contributed by atoms with van der Waals surface area (Å²) in [6, 6.07) is 0.553. The number of likely N-dealkylation sites (tertiary alicyclic amines) is 1. The van der Waals surface area contributed by atoms with E-state index in [0.29, 0.717) is 30.0 Å². The second-order valence-electron chi connectivity index (χ2n) is 6.46. The van der Waals surface area contributed by atoms with Crippen LogP contribution in [0.5, 0.6) is 0 Å². The first-order valence-electron chi connectivity index (χ1n) is 7.69. The number of halogens is 1. The topological polar surface area (TPSA) is 58.4 Å². The lowest BCUT2D eigenvalue weighted by atomic mass is 9.96. The van der Waals surface area contributed by atoms with Crippen LogP contribution in [0, 0.1) is 5.92 Å². The number of carboxylic acids is 1. The van der Waals surface area contributed by atoms with Gasteiger partial charge in [0, 0.05) is 31.5 Å². The Bertz CT molecular complexity index is 555. The van der Waals surface area contributed by atoms with Crippen molar-refractivity contribution in [2.24, 2.45) is 5.92 Å². The summed E-state index contributed by atoms with van der Waals surface area (Å²) >= 11 is 6.27. The highest BCUT2D eigenvalue weighted by Crippen LogP contribution is 2.34. The van der Waals surface area contributed by atoms with Gasteiger partial charge in [0.25, 0.3) is 0 Å². The molecule has 0 aliphatic carbocycles. The molecule has 2 aliphatic heterocycles. The molecule has 2 aliphatic rings. The van der Waals surface area contributed by atoms with Crippen LogP contribution in [0.4, 0.5) is 0 Å². The van der Waals surface area contributed by atoms with E-state index >= 15 is 0 Å². The average molecular weight is 312 g/mol. The lowest BCUT2D eigenvalue weighted by Gasteiger charge is -2.24. The highest BCUT2D eigenvalue weighted by Gasteiger charge is 2.34. The van der Waals surface area contributed by atoms with E-state index < -0.39 is 5.97 Å². The molecule has 5 nitrogen and oxygen atoms in total. The van der Waals surface area contributed by atoms with Crippen LogP contribution in [-0.4, -0.2) is 44.7 Å². The molecule has 0 radical (unpaired) electrons. The van der Waals surface area contributed by atoms with E-state index in [4.69, 9.17) is 11.6 Å². The summed E-state index contributed by atoms with van der Waals surface area (Å²) in [5.74, 6) is 0.421. The van der Waals surface area contributed by atoms with Crippen LogP contribution >= 0.6 is 11.6 Å². The molecule has 116 valence electrons. The lowest BCUT2D eigenvalue weighted by molar-refractivity contribution is -0.142. The molecule has 1 fully saturated rings. The third-order valence-corrected chi connectivity index (χ3v) is 5.16. The van der Waals surface area contributed by atoms with Gasteiger partial charge in [-0.15, -0.1) is 0 Å². The Kier molecular flexibility index (Phi) is 3.97. The number of imidazole rings is 1. The van der Waals surface area contributed by atoms with E-state index in [1.54, 1.807) is 0 Å². The molecule has 0 amide bonds. The van der Waals surface area contributed by atoms with Crippen molar-refractivity contribution in [3.05, 3.63) is 16.7 Å². The van der Waals surface area contributed by atoms with Crippen molar-refractivity contribution in [3.63, 3.8) is 0 Å². The smallest absolute Gasteiger partial charge is 0.306 e. The summed E-state index contributed by atoms with van der Waals surface area (Å²) in [4.78, 5) is 18.2. The molecule has 21 heavy (non-hydrogen) atoms. The van der Waals surface area contributed by atoms with E-state index in [0.717, 1.165) is 37.6 Å². The van der Waals surface area contributed by atoms with Crippen molar-refractivity contribution < 1.29 is 9.90 Å². The van der Waals surface area contributed by atoms with Crippen molar-refractivity contribution in [2.75, 3.05) is 13.1 Å². The molecule has 1 saturated heterocycles. The number of carbonyl (C=O) groups is 1. The van der Waals surface area contributed by atoms with Gasteiger partial charge in [-0.25, -0.2) is 4.98 Å². The maximum atomic E-state index is 11.2. The lowest BCUT2D eigenvalue weighted by Crippen LogP contribution is -2.29. The van der Waals surface area contributed by atoms with E-state index in [1.165, 1.54) is 0 Å². The van der Waals surface area contributed by atoms with Gasteiger partial charge in [-0.2, -0.15) is 0 Å². The first-order valence-corrected chi connectivity index (χ1v) is 8.06. The summed E-state index contributed by atoms with van der Waals surface area (Å²) in [5, 5.41) is 9.69. The summed E-state index contributed by atoms with van der Waals surface area (Å²) in [7, 11) is 0. The molecule has 2 unspecified atom stereocenters. The summed E-state index contributed by atoms with van der Waals surface area (Å²) in [6.45, 7) is 7.27. The molecule has 1 aromatic rings. The summed E-state index contributed by atoms with van der Waals surface area (Å²) in [6.07, 6.45) is 2.28. The number of nitrogens with zero attached hydrogens (tertiary/aromatic N) is 3. The third kappa shape index (κ3) is 2.69. The van der Waals surface area contributed by atoms with E-state index in [1.807, 2.05) is 0 Å². The first-order chi connectivity index (χ1) is 9.97. The van der Waals surface area contributed by atoms with Crippen LogP contribution in [-0.2, 0) is 17.8 Å². The second-order valence-corrected chi connectivity index (χ2v) is 6.82. The van der Waals surface area contributed by atoms with Crippen LogP contribution < -0.4 is 0 Å². The fourth-order valence-corrected chi connectivity index (χ4v) is 3.79. The average Bonchev–Trinajstić information content (AvgIpc) is 3.04. The standard InChI is InChI=1S/C15H22ClN3O2/c1-9(2)18-5-3-11(8-18)14-17-13(16)12-7-10(15(20)21)4-6-19(12)14/h9-11H,3-8H2,1-2H3,(H,20,21). The Morgan fingerprint density at radius 2 is 2.14 bits per heavy atom. The minimum atomic E-state index is -0.730. The molecule has 3 heterocycles. The fraction of sp³-hybridized carbons (Fsp3) is 0.733. The maximum Gasteiger partial charge on any atom is 0.306 e. The zero-order chi connectivity index (χ0) is 15.1. The Morgan fingerprint density at radius 1 is 1.38 bits per heavy atom. The maximum absolute atomic E-state index is 11.2. The Morgan fingerprint density at radius 3 is 2.76 bits per heavy atom. The molecular weight excluding hydrogens is 290 g/mol. The number of hydrogen-bond donors (Lipinski definition) is 1. The third-order valence-electron chi connectivity index (χ3n) is 4.86. The van der Waals surface area contributed by atoms with Crippen molar-refractivity contribution >= 4 is 17.6 Å². The monoisotopic (exact) mass is 311 g/mol. The number of fused-ring (bicyclic) bond motifs is 1. The molecule has 0 bridgehead atoms. The molecule has 1 aromatic heterocycles. The second kappa shape index (κ2) is 5.61. The van der Waals surface area contributed by atoms with Crippen LogP contribution in [0.15, 0.2) is 0 Å². The van der Waals surface area contributed by atoms with Crippen LogP contribution in [0.1, 0.15) is 44.1 Å². The van der Waals surface area contributed by atoms with Gasteiger partial charge in [-0.05, 0) is 33.2 Å². The number of rotatable bonds is 3.